The van der Waals surface area contributed by atoms with Crippen molar-refractivity contribution in [1.29, 1.82) is 0 Å². The van der Waals surface area contributed by atoms with Crippen LogP contribution >= 0.6 is 23.7 Å². The number of nitrogens with two attached hydrogens (primary N) is 1. The number of rotatable bonds is 4. The fourth-order valence-corrected chi connectivity index (χ4v) is 4.08. The van der Waals surface area contributed by atoms with Crippen molar-refractivity contribution in [2.75, 3.05) is 20.1 Å². The molecule has 1 atom stereocenters. The van der Waals surface area contributed by atoms with Gasteiger partial charge in [0.2, 0.25) is 0 Å². The zero-order chi connectivity index (χ0) is 14.9. The highest BCUT2D eigenvalue weighted by Crippen LogP contribution is 2.33. The molecule has 0 fully saturated rings. The lowest BCUT2D eigenvalue weighted by Crippen LogP contribution is -2.40. The van der Waals surface area contributed by atoms with Crippen LogP contribution in [0.3, 0.4) is 0 Å². The molecule has 0 aliphatic heterocycles. The highest BCUT2D eigenvalue weighted by atomic mass is 35.5. The predicted molar refractivity (Wildman–Crippen MR) is 92.6 cm³/mol. The number of nitrogens with zero attached hydrogens (tertiary/aromatic N) is 1. The van der Waals surface area contributed by atoms with Gasteiger partial charge in [0.05, 0.1) is 5.56 Å². The second kappa shape index (κ2) is 7.12. The molecule has 1 aliphatic carbocycles. The molecule has 3 nitrogen and oxygen atoms in total. The van der Waals surface area contributed by atoms with Gasteiger partial charge in [-0.15, -0.1) is 23.7 Å². The summed E-state index contributed by atoms with van der Waals surface area (Å²) in [5.41, 5.74) is 7.96. The average Bonchev–Trinajstić information content (AvgIpc) is 2.80. The summed E-state index contributed by atoms with van der Waals surface area (Å²) in [7, 11) is 1.88. The van der Waals surface area contributed by atoms with Crippen LogP contribution in [0.25, 0.3) is 0 Å². The fourth-order valence-electron chi connectivity index (χ4n) is 2.84. The topological polar surface area (TPSA) is 46.3 Å². The molecule has 21 heavy (non-hydrogen) atoms. The van der Waals surface area contributed by atoms with Crippen LogP contribution in [0, 0.1) is 11.3 Å². The molecule has 0 spiro atoms. The first-order chi connectivity index (χ1) is 9.34. The Hall–Kier alpha value is -0.580. The van der Waals surface area contributed by atoms with E-state index in [9.17, 15) is 4.79 Å². The van der Waals surface area contributed by atoms with Crippen molar-refractivity contribution in [2.45, 2.75) is 40.0 Å². The highest BCUT2D eigenvalue weighted by Gasteiger charge is 2.27. The molecule has 2 N–H and O–H groups in total. The van der Waals surface area contributed by atoms with Gasteiger partial charge in [0.1, 0.15) is 0 Å². The van der Waals surface area contributed by atoms with Crippen LogP contribution in [-0.4, -0.2) is 30.9 Å². The molecule has 0 bridgehead atoms. The lowest BCUT2D eigenvalue weighted by molar-refractivity contribution is 0.0739. The van der Waals surface area contributed by atoms with Crippen molar-refractivity contribution in [2.24, 2.45) is 17.1 Å². The van der Waals surface area contributed by atoms with Gasteiger partial charge in [-0.3, -0.25) is 4.79 Å². The quantitative estimate of drug-likeness (QED) is 0.920. The van der Waals surface area contributed by atoms with Crippen molar-refractivity contribution in [3.63, 3.8) is 0 Å². The van der Waals surface area contributed by atoms with Crippen molar-refractivity contribution in [3.05, 3.63) is 21.4 Å². The van der Waals surface area contributed by atoms with Crippen LogP contribution in [-0.2, 0) is 12.8 Å². The zero-order valence-electron chi connectivity index (χ0n) is 13.4. The first kappa shape index (κ1) is 18.5. The van der Waals surface area contributed by atoms with Crippen LogP contribution in [0.5, 0.6) is 0 Å². The zero-order valence-corrected chi connectivity index (χ0v) is 15.1. The minimum Gasteiger partial charge on any atom is -0.341 e. The van der Waals surface area contributed by atoms with Gasteiger partial charge in [-0.25, -0.2) is 0 Å². The number of halogens is 1. The molecule has 1 unspecified atom stereocenters. The first-order valence-electron chi connectivity index (χ1n) is 7.39. The van der Waals surface area contributed by atoms with E-state index < -0.39 is 0 Å². The van der Waals surface area contributed by atoms with Gasteiger partial charge in [0, 0.05) is 23.8 Å². The van der Waals surface area contributed by atoms with E-state index in [1.165, 1.54) is 16.9 Å². The SMILES string of the molecule is CC1CCc2c(C(=O)N(C)CC(C)(C)CN)csc2C1.Cl. The summed E-state index contributed by atoms with van der Waals surface area (Å²) in [6.07, 6.45) is 3.38. The van der Waals surface area contributed by atoms with Crippen LogP contribution in [0.4, 0.5) is 0 Å². The molecule has 0 radical (unpaired) electrons. The van der Waals surface area contributed by atoms with E-state index in [4.69, 9.17) is 5.73 Å². The largest absolute Gasteiger partial charge is 0.341 e. The minimum atomic E-state index is -0.0327. The Bertz CT molecular complexity index is 498. The van der Waals surface area contributed by atoms with Crippen LogP contribution in [0.15, 0.2) is 5.38 Å². The van der Waals surface area contributed by atoms with E-state index in [1.807, 2.05) is 11.9 Å². The van der Waals surface area contributed by atoms with Crippen molar-refractivity contribution in [1.82, 2.24) is 4.90 Å². The van der Waals surface area contributed by atoms with E-state index >= 15 is 0 Å². The van der Waals surface area contributed by atoms with Gasteiger partial charge < -0.3 is 10.6 Å². The van der Waals surface area contributed by atoms with Gasteiger partial charge in [-0.2, -0.15) is 0 Å². The first-order valence-corrected chi connectivity index (χ1v) is 8.27. The molecular weight excluding hydrogens is 304 g/mol. The van der Waals surface area contributed by atoms with Gasteiger partial charge in [0.25, 0.3) is 5.91 Å². The van der Waals surface area contributed by atoms with Crippen molar-refractivity contribution >= 4 is 29.7 Å². The van der Waals surface area contributed by atoms with Gasteiger partial charge >= 0.3 is 0 Å². The maximum atomic E-state index is 12.6. The predicted octanol–water partition coefficient (Wildman–Crippen LogP) is 3.35. The average molecular weight is 331 g/mol. The molecule has 2 rings (SSSR count). The third kappa shape index (κ3) is 4.21. The Kier molecular flexibility index (Phi) is 6.26. The fraction of sp³-hybridized carbons (Fsp3) is 0.688. The molecule has 0 saturated heterocycles. The van der Waals surface area contributed by atoms with Gasteiger partial charge in [-0.1, -0.05) is 20.8 Å². The molecule has 120 valence electrons. The monoisotopic (exact) mass is 330 g/mol. The molecule has 1 amide bonds. The van der Waals surface area contributed by atoms with E-state index in [2.05, 4.69) is 26.2 Å². The van der Waals surface area contributed by atoms with Crippen LogP contribution in [0.1, 0.15) is 48.0 Å². The summed E-state index contributed by atoms with van der Waals surface area (Å²) < 4.78 is 0. The second-order valence-electron chi connectivity index (χ2n) is 6.93. The number of carbonyl (C=O) groups excluding carboxylic acids is 1. The molecule has 1 aromatic heterocycles. The standard InChI is InChI=1S/C16H26N2OS.ClH/c1-11-5-6-12-13(8-20-14(12)7-11)15(19)18(4)10-16(2,3)9-17;/h8,11H,5-7,9-10,17H2,1-4H3;1H. The van der Waals surface area contributed by atoms with E-state index in [1.54, 1.807) is 11.3 Å². The minimum absolute atomic E-state index is 0. The molecule has 0 aromatic carbocycles. The van der Waals surface area contributed by atoms with Gasteiger partial charge in [-0.05, 0) is 42.7 Å². The summed E-state index contributed by atoms with van der Waals surface area (Å²) in [6, 6.07) is 0. The number of amides is 1. The van der Waals surface area contributed by atoms with Crippen molar-refractivity contribution < 1.29 is 4.79 Å². The normalized spacial score (nSPS) is 17.9. The molecule has 1 aromatic rings. The Balaban J connectivity index is 0.00000220. The number of fused-ring (bicyclic) bond motifs is 1. The molecule has 5 heteroatoms. The number of thiophene rings is 1. The third-order valence-corrected chi connectivity index (χ3v) is 5.25. The highest BCUT2D eigenvalue weighted by molar-refractivity contribution is 7.10. The summed E-state index contributed by atoms with van der Waals surface area (Å²) in [5, 5.41) is 2.05. The number of hydrogen-bond acceptors (Lipinski definition) is 3. The lowest BCUT2D eigenvalue weighted by Gasteiger charge is -2.29. The van der Waals surface area contributed by atoms with Crippen LogP contribution in [0.2, 0.25) is 0 Å². The van der Waals surface area contributed by atoms with Crippen molar-refractivity contribution in [3.8, 4) is 0 Å². The Morgan fingerprint density at radius 3 is 2.81 bits per heavy atom. The third-order valence-electron chi connectivity index (χ3n) is 4.20. The van der Waals surface area contributed by atoms with E-state index in [-0.39, 0.29) is 23.7 Å². The summed E-state index contributed by atoms with van der Waals surface area (Å²) in [6.45, 7) is 7.77. The Morgan fingerprint density at radius 1 is 1.52 bits per heavy atom. The Morgan fingerprint density at radius 2 is 2.19 bits per heavy atom. The second-order valence-corrected chi connectivity index (χ2v) is 7.89. The maximum Gasteiger partial charge on any atom is 0.254 e. The molecule has 1 heterocycles. The van der Waals surface area contributed by atoms with Gasteiger partial charge in [0.15, 0.2) is 0 Å². The summed E-state index contributed by atoms with van der Waals surface area (Å²) >= 11 is 1.75. The number of hydrogen-bond donors (Lipinski definition) is 1. The van der Waals surface area contributed by atoms with Crippen LogP contribution < -0.4 is 5.73 Å². The number of carbonyl (C=O) groups is 1. The summed E-state index contributed by atoms with van der Waals surface area (Å²) in [5.74, 6) is 0.900. The molecular formula is C16H27ClN2OS. The van der Waals surface area contributed by atoms with E-state index in [0.29, 0.717) is 13.1 Å². The maximum absolute atomic E-state index is 12.6. The lowest BCUT2D eigenvalue weighted by atomic mass is 9.88. The molecule has 0 saturated carbocycles. The summed E-state index contributed by atoms with van der Waals surface area (Å²) in [4.78, 5) is 15.9. The molecule has 1 aliphatic rings. The smallest absolute Gasteiger partial charge is 0.254 e. The Labute approximate surface area is 138 Å². The van der Waals surface area contributed by atoms with E-state index in [0.717, 1.165) is 24.3 Å².